The molecule has 0 spiro atoms. The molecule has 0 amide bonds. The van der Waals surface area contributed by atoms with Crippen molar-refractivity contribution < 1.29 is 4.74 Å². The maximum absolute atomic E-state index is 5.97. The Morgan fingerprint density at radius 3 is 3.05 bits per heavy atom. The molecule has 0 saturated carbocycles. The smallest absolute Gasteiger partial charge is 0.123 e. The molecular formula is C15H24N2OS. The van der Waals surface area contributed by atoms with E-state index in [0.29, 0.717) is 6.04 Å². The molecule has 3 nitrogen and oxygen atoms in total. The van der Waals surface area contributed by atoms with Crippen LogP contribution in [-0.4, -0.2) is 42.1 Å². The monoisotopic (exact) mass is 280 g/mol. The second-order valence-electron chi connectivity index (χ2n) is 4.80. The molecule has 106 valence electrons. The van der Waals surface area contributed by atoms with E-state index in [1.807, 2.05) is 17.8 Å². The summed E-state index contributed by atoms with van der Waals surface area (Å²) in [5.74, 6) is 3.41. The van der Waals surface area contributed by atoms with Crippen molar-refractivity contribution in [3.8, 4) is 5.75 Å². The Balaban J connectivity index is 1.99. The fraction of sp³-hybridized carbons (Fsp3) is 0.600. The quantitative estimate of drug-likeness (QED) is 0.812. The third-order valence-electron chi connectivity index (χ3n) is 3.57. The van der Waals surface area contributed by atoms with Crippen LogP contribution in [0.3, 0.4) is 0 Å². The number of hydrogen-bond donors (Lipinski definition) is 1. The van der Waals surface area contributed by atoms with Crippen molar-refractivity contribution in [3.63, 3.8) is 0 Å². The highest BCUT2D eigenvalue weighted by molar-refractivity contribution is 7.99. The Bertz CT molecular complexity index is 386. The second-order valence-corrected chi connectivity index (χ2v) is 6.20. The standard InChI is InChI=1S/C15H24N2OS/c1-2-19-10-7-14(11-16)17-8-9-18-15-6-4-3-5-13(15)12-17/h3-6,14H,2,7-12,16H2,1H3. The van der Waals surface area contributed by atoms with Crippen molar-refractivity contribution in [1.29, 1.82) is 0 Å². The fourth-order valence-electron chi connectivity index (χ4n) is 2.47. The van der Waals surface area contributed by atoms with E-state index in [2.05, 4.69) is 30.0 Å². The van der Waals surface area contributed by atoms with Crippen LogP contribution in [0, 0.1) is 0 Å². The van der Waals surface area contributed by atoms with E-state index in [9.17, 15) is 0 Å². The van der Waals surface area contributed by atoms with Crippen molar-refractivity contribution in [2.24, 2.45) is 5.73 Å². The van der Waals surface area contributed by atoms with Gasteiger partial charge in [-0.1, -0.05) is 25.1 Å². The lowest BCUT2D eigenvalue weighted by Gasteiger charge is -2.29. The molecular weight excluding hydrogens is 256 g/mol. The van der Waals surface area contributed by atoms with E-state index in [0.717, 1.165) is 38.4 Å². The topological polar surface area (TPSA) is 38.5 Å². The number of nitrogens with zero attached hydrogens (tertiary/aromatic N) is 1. The van der Waals surface area contributed by atoms with Crippen LogP contribution < -0.4 is 10.5 Å². The maximum Gasteiger partial charge on any atom is 0.123 e. The van der Waals surface area contributed by atoms with Crippen LogP contribution in [0.1, 0.15) is 18.9 Å². The summed E-state index contributed by atoms with van der Waals surface area (Å²) < 4.78 is 5.81. The molecule has 0 bridgehead atoms. The first kappa shape index (κ1) is 14.7. The van der Waals surface area contributed by atoms with E-state index in [4.69, 9.17) is 10.5 Å². The number of thioether (sulfide) groups is 1. The minimum Gasteiger partial charge on any atom is -0.492 e. The highest BCUT2D eigenvalue weighted by Crippen LogP contribution is 2.24. The third kappa shape index (κ3) is 4.13. The minimum absolute atomic E-state index is 0.466. The van der Waals surface area contributed by atoms with Gasteiger partial charge in [0.05, 0.1) is 0 Å². The Labute approximate surface area is 120 Å². The summed E-state index contributed by atoms with van der Waals surface area (Å²) in [6.45, 7) is 5.61. The molecule has 1 atom stereocenters. The fourth-order valence-corrected chi connectivity index (χ4v) is 3.20. The lowest BCUT2D eigenvalue weighted by Crippen LogP contribution is -2.41. The number of hydrogen-bond acceptors (Lipinski definition) is 4. The molecule has 1 aromatic rings. The molecule has 0 radical (unpaired) electrons. The summed E-state index contributed by atoms with van der Waals surface area (Å²) in [6.07, 6.45) is 1.16. The van der Waals surface area contributed by atoms with E-state index in [1.165, 1.54) is 17.1 Å². The largest absolute Gasteiger partial charge is 0.492 e. The van der Waals surface area contributed by atoms with Gasteiger partial charge in [0.15, 0.2) is 0 Å². The predicted octanol–water partition coefficient (Wildman–Crippen LogP) is 2.35. The highest BCUT2D eigenvalue weighted by Gasteiger charge is 2.21. The number of nitrogens with two attached hydrogens (primary N) is 1. The van der Waals surface area contributed by atoms with E-state index < -0.39 is 0 Å². The summed E-state index contributed by atoms with van der Waals surface area (Å²) in [4.78, 5) is 2.47. The van der Waals surface area contributed by atoms with Gasteiger partial charge in [-0.05, 0) is 24.0 Å². The lowest BCUT2D eigenvalue weighted by atomic mass is 10.1. The summed E-state index contributed by atoms with van der Waals surface area (Å²) >= 11 is 1.99. The lowest BCUT2D eigenvalue weighted by molar-refractivity contribution is 0.169. The summed E-state index contributed by atoms with van der Waals surface area (Å²) in [5, 5.41) is 0. The molecule has 0 aromatic heterocycles. The van der Waals surface area contributed by atoms with E-state index >= 15 is 0 Å². The molecule has 1 aliphatic heterocycles. The van der Waals surface area contributed by atoms with Crippen molar-refractivity contribution in [1.82, 2.24) is 4.90 Å². The minimum atomic E-state index is 0.466. The van der Waals surface area contributed by atoms with Gasteiger partial charge in [-0.3, -0.25) is 4.90 Å². The number of benzene rings is 1. The molecule has 2 N–H and O–H groups in total. The normalized spacial score (nSPS) is 17.4. The Morgan fingerprint density at radius 1 is 1.42 bits per heavy atom. The van der Waals surface area contributed by atoms with Gasteiger partial charge < -0.3 is 10.5 Å². The van der Waals surface area contributed by atoms with Crippen LogP contribution in [0.15, 0.2) is 24.3 Å². The first-order chi connectivity index (χ1) is 9.35. The molecule has 4 heteroatoms. The van der Waals surface area contributed by atoms with Gasteiger partial charge in [0.25, 0.3) is 0 Å². The SMILES string of the molecule is CCSCCC(CN)N1CCOc2ccccc2C1. The summed E-state index contributed by atoms with van der Waals surface area (Å²) in [6, 6.07) is 8.79. The van der Waals surface area contributed by atoms with Gasteiger partial charge in [0.2, 0.25) is 0 Å². The highest BCUT2D eigenvalue weighted by atomic mass is 32.2. The van der Waals surface area contributed by atoms with Gasteiger partial charge in [-0.2, -0.15) is 11.8 Å². The number of para-hydroxylation sites is 1. The van der Waals surface area contributed by atoms with Crippen molar-refractivity contribution in [2.75, 3.05) is 31.2 Å². The molecule has 1 heterocycles. The van der Waals surface area contributed by atoms with Gasteiger partial charge >= 0.3 is 0 Å². The van der Waals surface area contributed by atoms with Crippen LogP contribution in [0.2, 0.25) is 0 Å². The van der Waals surface area contributed by atoms with Gasteiger partial charge in [-0.25, -0.2) is 0 Å². The number of ether oxygens (including phenoxy) is 1. The average molecular weight is 280 g/mol. The molecule has 0 fully saturated rings. The molecule has 0 saturated heterocycles. The van der Waals surface area contributed by atoms with Gasteiger partial charge in [-0.15, -0.1) is 0 Å². The van der Waals surface area contributed by atoms with Crippen LogP contribution >= 0.6 is 11.8 Å². The zero-order valence-corrected chi connectivity index (χ0v) is 12.5. The average Bonchev–Trinajstić information content (AvgIpc) is 2.66. The summed E-state index contributed by atoms with van der Waals surface area (Å²) in [5.41, 5.74) is 7.24. The number of rotatable bonds is 6. The Kier molecular flexibility index (Phi) is 6.01. The third-order valence-corrected chi connectivity index (χ3v) is 4.50. The second kappa shape index (κ2) is 7.78. The molecule has 1 aliphatic rings. The Hall–Kier alpha value is -0.710. The first-order valence-electron chi connectivity index (χ1n) is 7.07. The Morgan fingerprint density at radius 2 is 2.26 bits per heavy atom. The molecule has 1 aromatic carbocycles. The van der Waals surface area contributed by atoms with Gasteiger partial charge in [0, 0.05) is 31.2 Å². The zero-order chi connectivity index (χ0) is 13.5. The van der Waals surface area contributed by atoms with Gasteiger partial charge in [0.1, 0.15) is 12.4 Å². The molecule has 19 heavy (non-hydrogen) atoms. The summed E-state index contributed by atoms with van der Waals surface area (Å²) in [7, 11) is 0. The van der Waals surface area contributed by atoms with Crippen LogP contribution in [-0.2, 0) is 6.54 Å². The molecule has 2 rings (SSSR count). The van der Waals surface area contributed by atoms with Crippen molar-refractivity contribution >= 4 is 11.8 Å². The van der Waals surface area contributed by atoms with Crippen LogP contribution in [0.25, 0.3) is 0 Å². The van der Waals surface area contributed by atoms with Crippen LogP contribution in [0.4, 0.5) is 0 Å². The van der Waals surface area contributed by atoms with Crippen LogP contribution in [0.5, 0.6) is 5.75 Å². The predicted molar refractivity (Wildman–Crippen MR) is 82.8 cm³/mol. The van der Waals surface area contributed by atoms with Crippen molar-refractivity contribution in [3.05, 3.63) is 29.8 Å². The van der Waals surface area contributed by atoms with E-state index in [1.54, 1.807) is 0 Å². The molecule has 0 aliphatic carbocycles. The first-order valence-corrected chi connectivity index (χ1v) is 8.23. The van der Waals surface area contributed by atoms with Crippen molar-refractivity contribution in [2.45, 2.75) is 25.9 Å². The maximum atomic E-state index is 5.97. The molecule has 1 unspecified atom stereocenters. The number of fused-ring (bicyclic) bond motifs is 1. The zero-order valence-electron chi connectivity index (χ0n) is 11.7. The van der Waals surface area contributed by atoms with E-state index in [-0.39, 0.29) is 0 Å².